The van der Waals surface area contributed by atoms with Crippen molar-refractivity contribution < 1.29 is 0 Å². The highest BCUT2D eigenvalue weighted by Gasteiger charge is 2.07. The Morgan fingerprint density at radius 1 is 1.37 bits per heavy atom. The summed E-state index contributed by atoms with van der Waals surface area (Å²) in [6.07, 6.45) is 5.56. The topological polar surface area (TPSA) is 81.6 Å². The van der Waals surface area contributed by atoms with Crippen molar-refractivity contribution in [1.82, 2.24) is 19.7 Å². The fourth-order valence-electron chi connectivity index (χ4n) is 1.81. The fourth-order valence-corrected chi connectivity index (χ4v) is 1.81. The lowest BCUT2D eigenvalue weighted by Crippen LogP contribution is -2.14. The molecule has 0 spiro atoms. The van der Waals surface area contributed by atoms with Gasteiger partial charge in [0.05, 0.1) is 6.54 Å². The van der Waals surface area contributed by atoms with E-state index in [4.69, 9.17) is 5.73 Å². The second-order valence-electron chi connectivity index (χ2n) is 4.44. The monoisotopic (exact) mass is 260 g/mol. The molecule has 0 aromatic carbocycles. The molecule has 19 heavy (non-hydrogen) atoms. The molecule has 0 atom stereocenters. The number of aromatic nitrogens is 4. The van der Waals surface area contributed by atoms with Crippen molar-refractivity contribution in [3.05, 3.63) is 29.8 Å². The quantitative estimate of drug-likeness (QED) is 0.825. The minimum atomic E-state index is 0.556. The first-order valence-corrected chi connectivity index (χ1v) is 6.55. The first-order valence-electron chi connectivity index (χ1n) is 6.55. The van der Waals surface area contributed by atoms with Crippen molar-refractivity contribution in [3.8, 4) is 0 Å². The van der Waals surface area contributed by atoms with E-state index >= 15 is 0 Å². The van der Waals surface area contributed by atoms with Gasteiger partial charge in [-0.2, -0.15) is 5.10 Å². The van der Waals surface area contributed by atoms with E-state index in [-0.39, 0.29) is 0 Å². The van der Waals surface area contributed by atoms with Gasteiger partial charge in [0, 0.05) is 30.9 Å². The van der Waals surface area contributed by atoms with Crippen LogP contribution < -0.4 is 11.1 Å². The summed E-state index contributed by atoms with van der Waals surface area (Å²) in [5.41, 5.74) is 6.81. The van der Waals surface area contributed by atoms with Crippen LogP contribution in [0.4, 0.5) is 11.6 Å². The number of hydrogen-bond donors (Lipinski definition) is 2. The van der Waals surface area contributed by atoms with E-state index in [1.54, 1.807) is 6.20 Å². The zero-order chi connectivity index (χ0) is 13.7. The summed E-state index contributed by atoms with van der Waals surface area (Å²) in [5.74, 6) is 2.18. The second-order valence-corrected chi connectivity index (χ2v) is 4.44. The molecule has 2 heterocycles. The van der Waals surface area contributed by atoms with Gasteiger partial charge < -0.3 is 11.1 Å². The molecule has 0 aliphatic carbocycles. The van der Waals surface area contributed by atoms with Crippen LogP contribution >= 0.6 is 0 Å². The minimum Gasteiger partial charge on any atom is -0.383 e. The molecule has 0 aliphatic heterocycles. The van der Waals surface area contributed by atoms with E-state index in [1.807, 2.05) is 23.9 Å². The van der Waals surface area contributed by atoms with Gasteiger partial charge in [-0.25, -0.2) is 9.97 Å². The summed E-state index contributed by atoms with van der Waals surface area (Å²) >= 11 is 0. The molecule has 0 amide bonds. The van der Waals surface area contributed by atoms with Crippen molar-refractivity contribution >= 4 is 11.6 Å². The van der Waals surface area contributed by atoms with E-state index in [0.29, 0.717) is 5.82 Å². The number of nitrogens with zero attached hydrogens (tertiary/aromatic N) is 4. The molecular formula is C13H20N6. The smallest absolute Gasteiger partial charge is 0.134 e. The molecule has 6 nitrogen and oxygen atoms in total. The Balaban J connectivity index is 2.02. The predicted molar refractivity (Wildman–Crippen MR) is 75.9 cm³/mol. The zero-order valence-electron chi connectivity index (χ0n) is 11.4. The van der Waals surface area contributed by atoms with Gasteiger partial charge >= 0.3 is 0 Å². The van der Waals surface area contributed by atoms with Crippen molar-refractivity contribution in [2.45, 2.75) is 33.2 Å². The van der Waals surface area contributed by atoms with E-state index in [9.17, 15) is 0 Å². The van der Waals surface area contributed by atoms with Crippen LogP contribution in [-0.4, -0.2) is 26.3 Å². The van der Waals surface area contributed by atoms with Crippen LogP contribution in [0.1, 0.15) is 24.7 Å². The molecule has 0 fully saturated rings. The summed E-state index contributed by atoms with van der Waals surface area (Å²) in [6, 6.07) is 1.91. The van der Waals surface area contributed by atoms with Crippen LogP contribution in [0, 0.1) is 6.92 Å². The number of nitrogen functional groups attached to an aromatic ring is 1. The van der Waals surface area contributed by atoms with E-state index < -0.39 is 0 Å². The lowest BCUT2D eigenvalue weighted by Gasteiger charge is -2.11. The van der Waals surface area contributed by atoms with Gasteiger partial charge in [0.15, 0.2) is 0 Å². The highest BCUT2D eigenvalue weighted by molar-refractivity contribution is 5.54. The van der Waals surface area contributed by atoms with Gasteiger partial charge in [-0.3, -0.25) is 4.68 Å². The fraction of sp³-hybridized carbons (Fsp3) is 0.462. The van der Waals surface area contributed by atoms with E-state index in [1.165, 1.54) is 0 Å². The first-order chi connectivity index (χ1) is 9.20. The van der Waals surface area contributed by atoms with Crippen LogP contribution in [0.5, 0.6) is 0 Å². The van der Waals surface area contributed by atoms with Gasteiger partial charge in [0.2, 0.25) is 0 Å². The largest absolute Gasteiger partial charge is 0.383 e. The Morgan fingerprint density at radius 3 is 2.89 bits per heavy atom. The molecule has 0 radical (unpaired) electrons. The first kappa shape index (κ1) is 13.3. The molecule has 2 rings (SSSR count). The summed E-state index contributed by atoms with van der Waals surface area (Å²) in [4.78, 5) is 8.80. The third kappa shape index (κ3) is 3.43. The lowest BCUT2D eigenvalue weighted by atomic mass is 10.2. The average molecular weight is 260 g/mol. The number of hydrogen-bond acceptors (Lipinski definition) is 5. The van der Waals surface area contributed by atoms with Gasteiger partial charge in [-0.15, -0.1) is 0 Å². The van der Waals surface area contributed by atoms with E-state index in [2.05, 4.69) is 27.3 Å². The molecule has 0 saturated heterocycles. The number of aryl methyl sites for hydroxylation is 1. The Morgan fingerprint density at radius 2 is 2.21 bits per heavy atom. The predicted octanol–water partition coefficient (Wildman–Crippen LogP) is 1.63. The maximum absolute atomic E-state index is 5.91. The Bertz CT molecular complexity index is 520. The molecule has 2 aromatic rings. The molecule has 0 bridgehead atoms. The Kier molecular flexibility index (Phi) is 4.33. The van der Waals surface area contributed by atoms with Crippen molar-refractivity contribution in [3.63, 3.8) is 0 Å². The normalized spacial score (nSPS) is 10.6. The standard InChI is InChI=1S/C13H20N6/c1-3-5-11-17-12(14)10(2)13(18-11)15-7-9-19-8-4-6-16-19/h4,6,8H,3,5,7,9H2,1-2H3,(H3,14,15,17,18). The summed E-state index contributed by atoms with van der Waals surface area (Å²) < 4.78 is 1.87. The number of rotatable bonds is 6. The van der Waals surface area contributed by atoms with Gasteiger partial charge in [0.25, 0.3) is 0 Å². The maximum atomic E-state index is 5.91. The SMILES string of the molecule is CCCc1nc(N)c(C)c(NCCn2cccn2)n1. The highest BCUT2D eigenvalue weighted by atomic mass is 15.3. The second kappa shape index (κ2) is 6.17. The molecule has 6 heteroatoms. The van der Waals surface area contributed by atoms with Crippen molar-refractivity contribution in [1.29, 1.82) is 0 Å². The van der Waals surface area contributed by atoms with Crippen LogP contribution in [0.2, 0.25) is 0 Å². The average Bonchev–Trinajstić information content (AvgIpc) is 2.88. The highest BCUT2D eigenvalue weighted by Crippen LogP contribution is 2.17. The third-order valence-corrected chi connectivity index (χ3v) is 2.90. The van der Waals surface area contributed by atoms with Crippen LogP contribution in [-0.2, 0) is 13.0 Å². The Labute approximate surface area is 113 Å². The molecular weight excluding hydrogens is 240 g/mol. The Hall–Kier alpha value is -2.11. The zero-order valence-corrected chi connectivity index (χ0v) is 11.4. The molecule has 2 aromatic heterocycles. The van der Waals surface area contributed by atoms with E-state index in [0.717, 1.165) is 43.1 Å². The number of anilines is 2. The third-order valence-electron chi connectivity index (χ3n) is 2.90. The molecule has 0 saturated carbocycles. The maximum Gasteiger partial charge on any atom is 0.134 e. The summed E-state index contributed by atoms with van der Waals surface area (Å²) in [5, 5.41) is 7.45. The molecule has 102 valence electrons. The molecule has 0 unspecified atom stereocenters. The molecule has 3 N–H and O–H groups in total. The van der Waals surface area contributed by atoms with Crippen molar-refractivity contribution in [2.24, 2.45) is 0 Å². The summed E-state index contributed by atoms with van der Waals surface area (Å²) in [7, 11) is 0. The summed E-state index contributed by atoms with van der Waals surface area (Å²) in [6.45, 7) is 5.58. The van der Waals surface area contributed by atoms with Crippen molar-refractivity contribution in [2.75, 3.05) is 17.6 Å². The number of nitrogens with two attached hydrogens (primary N) is 1. The minimum absolute atomic E-state index is 0.556. The van der Waals surface area contributed by atoms with Crippen LogP contribution in [0.15, 0.2) is 18.5 Å². The van der Waals surface area contributed by atoms with Crippen LogP contribution in [0.3, 0.4) is 0 Å². The van der Waals surface area contributed by atoms with Gasteiger partial charge in [0.1, 0.15) is 17.5 Å². The van der Waals surface area contributed by atoms with Gasteiger partial charge in [-0.05, 0) is 19.4 Å². The lowest BCUT2D eigenvalue weighted by molar-refractivity contribution is 0.636. The van der Waals surface area contributed by atoms with Crippen LogP contribution in [0.25, 0.3) is 0 Å². The number of nitrogens with one attached hydrogen (secondary N) is 1. The molecule has 0 aliphatic rings. The van der Waals surface area contributed by atoms with Gasteiger partial charge in [-0.1, -0.05) is 6.92 Å².